The third-order valence-corrected chi connectivity index (χ3v) is 11.7. The van der Waals surface area contributed by atoms with Crippen molar-refractivity contribution >= 4 is 21.8 Å². The topological polar surface area (TPSA) is 35.9 Å². The van der Waals surface area contributed by atoms with E-state index in [1.165, 1.54) is 22.1 Å². The van der Waals surface area contributed by atoms with Crippen LogP contribution in [0.3, 0.4) is 0 Å². The second kappa shape index (κ2) is 16.0. The van der Waals surface area contributed by atoms with E-state index in [4.69, 9.17) is 9.72 Å². The zero-order valence-corrected chi connectivity index (χ0v) is 33.7. The van der Waals surface area contributed by atoms with Crippen molar-refractivity contribution < 1.29 is 9.30 Å². The van der Waals surface area contributed by atoms with Crippen LogP contribution >= 0.6 is 0 Å². The number of hydrogen-bond acceptors (Lipinski definition) is 2. The summed E-state index contributed by atoms with van der Waals surface area (Å²) in [4.78, 5) is 4.96. The Morgan fingerprint density at radius 2 is 1.23 bits per heavy atom. The Hall–Kier alpha value is -7.50. The van der Waals surface area contributed by atoms with Crippen LogP contribution in [0.2, 0.25) is 0 Å². The summed E-state index contributed by atoms with van der Waals surface area (Å²) in [7, 11) is 0. The number of ether oxygens (including phenoxy) is 1. The van der Waals surface area contributed by atoms with Crippen molar-refractivity contribution in [3.63, 3.8) is 0 Å². The third kappa shape index (κ3) is 6.94. The molecule has 0 aliphatic rings. The fourth-order valence-corrected chi connectivity index (χ4v) is 8.61. The first-order valence-corrected chi connectivity index (χ1v) is 20.8. The number of para-hydroxylation sites is 1. The molecule has 290 valence electrons. The molecule has 3 aromatic heterocycles. The van der Waals surface area contributed by atoms with Gasteiger partial charge in [-0.2, -0.15) is 0 Å². The summed E-state index contributed by atoms with van der Waals surface area (Å²) >= 11 is 0. The fourth-order valence-electron chi connectivity index (χ4n) is 8.61. The van der Waals surface area contributed by atoms with E-state index < -0.39 is 0 Å². The highest BCUT2D eigenvalue weighted by molar-refractivity contribution is 6.10. The lowest BCUT2D eigenvalue weighted by Gasteiger charge is -2.16. The van der Waals surface area contributed by atoms with Gasteiger partial charge >= 0.3 is 0 Å². The molecule has 0 aliphatic carbocycles. The average Bonchev–Trinajstić information content (AvgIpc) is 3.93. The maximum atomic E-state index is 6.70. The summed E-state index contributed by atoms with van der Waals surface area (Å²) in [5, 5.41) is 2.33. The molecule has 60 heavy (non-hydrogen) atoms. The summed E-state index contributed by atoms with van der Waals surface area (Å²) in [6, 6.07) is 63.9. The normalized spacial score (nSPS) is 11.4. The van der Waals surface area contributed by atoms with Gasteiger partial charge in [0.1, 0.15) is 17.3 Å². The van der Waals surface area contributed by atoms with Gasteiger partial charge in [-0.3, -0.25) is 13.7 Å². The number of rotatable bonds is 11. The van der Waals surface area contributed by atoms with Gasteiger partial charge in [0.2, 0.25) is 0 Å². The highest BCUT2D eigenvalue weighted by Crippen LogP contribution is 2.38. The zero-order chi connectivity index (χ0) is 40.4. The molecular weight excluding hydrogens is 733 g/mol. The van der Waals surface area contributed by atoms with Crippen molar-refractivity contribution in [2.24, 2.45) is 0 Å². The average molecular weight is 777 g/mol. The molecule has 0 aliphatic heterocycles. The molecule has 5 heteroatoms. The molecule has 0 bridgehead atoms. The second-order valence-corrected chi connectivity index (χ2v) is 15.2. The molecule has 10 rings (SSSR count). The predicted molar refractivity (Wildman–Crippen MR) is 244 cm³/mol. The standard InChI is InChI=1S/C55H44N4O/c1-3-39(4-2)44-30-31-56-54(35-44)59-52-29-26-43(40-16-8-5-9-17-40)34-51(52)50-28-27-47(37-53(50)59)60-46-23-14-22-45(36-46)57-32-33-58(38-57)55-48(41-18-10-6-11-19-41)24-15-25-49(55)42-20-12-7-13-21-42/h5-37,39H,3-4H2,1-2H3. The molecule has 0 unspecified atom stereocenters. The van der Waals surface area contributed by atoms with Gasteiger partial charge in [-0.15, -0.1) is 0 Å². The van der Waals surface area contributed by atoms with Gasteiger partial charge in [-0.25, -0.2) is 4.98 Å². The second-order valence-electron chi connectivity index (χ2n) is 15.2. The largest absolute Gasteiger partial charge is 0.458 e. The summed E-state index contributed by atoms with van der Waals surface area (Å²) in [5.41, 5.74) is 12.4. The van der Waals surface area contributed by atoms with Crippen LogP contribution in [0, 0.1) is 6.33 Å². The van der Waals surface area contributed by atoms with Crippen LogP contribution in [0.25, 0.3) is 72.4 Å². The van der Waals surface area contributed by atoms with Gasteiger partial charge in [-0.05, 0) is 112 Å². The van der Waals surface area contributed by atoms with Gasteiger partial charge in [0.25, 0.3) is 6.33 Å². The minimum Gasteiger partial charge on any atom is -0.458 e. The lowest BCUT2D eigenvalue weighted by atomic mass is 9.95. The van der Waals surface area contributed by atoms with Crippen LogP contribution in [-0.2, 0) is 0 Å². The van der Waals surface area contributed by atoms with E-state index in [-0.39, 0.29) is 0 Å². The van der Waals surface area contributed by atoms with E-state index in [0.29, 0.717) is 5.92 Å². The van der Waals surface area contributed by atoms with Crippen LogP contribution in [0.4, 0.5) is 0 Å². The molecule has 0 amide bonds. The molecule has 0 radical (unpaired) electrons. The van der Waals surface area contributed by atoms with Crippen molar-refractivity contribution in [2.45, 2.75) is 32.6 Å². The third-order valence-electron chi connectivity index (χ3n) is 11.7. The number of aromatic nitrogens is 4. The Labute approximate surface area is 351 Å². The summed E-state index contributed by atoms with van der Waals surface area (Å²) in [6.07, 6.45) is 11.9. The van der Waals surface area contributed by atoms with E-state index in [9.17, 15) is 0 Å². The van der Waals surface area contributed by atoms with Crippen LogP contribution in [0.15, 0.2) is 201 Å². The van der Waals surface area contributed by atoms with Crippen LogP contribution < -0.4 is 9.30 Å². The maximum absolute atomic E-state index is 6.70. The highest BCUT2D eigenvalue weighted by atomic mass is 16.5. The minimum atomic E-state index is 0.479. The number of fused-ring (bicyclic) bond motifs is 3. The summed E-state index contributed by atoms with van der Waals surface area (Å²) in [5.74, 6) is 2.87. The molecule has 0 atom stereocenters. The monoisotopic (exact) mass is 776 g/mol. The molecule has 0 saturated heterocycles. The van der Waals surface area contributed by atoms with Gasteiger partial charge in [0.05, 0.1) is 22.4 Å². The van der Waals surface area contributed by atoms with Crippen LogP contribution in [-0.4, -0.2) is 14.1 Å². The molecule has 7 aromatic carbocycles. The van der Waals surface area contributed by atoms with E-state index in [0.717, 1.165) is 80.2 Å². The van der Waals surface area contributed by atoms with Gasteiger partial charge < -0.3 is 4.74 Å². The Bertz CT molecular complexity index is 3030. The molecule has 0 fully saturated rings. The predicted octanol–water partition coefficient (Wildman–Crippen LogP) is 13.7. The molecule has 0 saturated carbocycles. The maximum Gasteiger partial charge on any atom is 0.268 e. The molecule has 0 N–H and O–H groups in total. The number of benzene rings is 7. The molecule has 0 spiro atoms. The first kappa shape index (κ1) is 36.8. The Balaban J connectivity index is 1.03. The Kier molecular flexibility index (Phi) is 9.84. The minimum absolute atomic E-state index is 0.479. The number of imidazole rings is 1. The Morgan fingerprint density at radius 3 is 1.93 bits per heavy atom. The zero-order valence-electron chi connectivity index (χ0n) is 33.7. The van der Waals surface area contributed by atoms with Crippen molar-refractivity contribution in [3.05, 3.63) is 212 Å². The SMILES string of the molecule is CCC(CC)c1ccnc(-n2c3ccc(-c4ccccc4)cc3c3ccc(Oc4cccc(-n5[c-][n+](-c6c(-c7ccccc7)cccc6-c6ccccc6)cc5)c4)cc32)c1. The van der Waals surface area contributed by atoms with Crippen molar-refractivity contribution in [3.8, 4) is 62.1 Å². The number of hydrogen-bond donors (Lipinski definition) is 0. The van der Waals surface area contributed by atoms with Crippen molar-refractivity contribution in [1.82, 2.24) is 14.1 Å². The van der Waals surface area contributed by atoms with E-state index >= 15 is 0 Å². The van der Waals surface area contributed by atoms with Gasteiger partial charge in [0.15, 0.2) is 0 Å². The fraction of sp³-hybridized carbons (Fsp3) is 0.0909. The molecular formula is C55H44N4O. The molecule has 10 aromatic rings. The van der Waals surface area contributed by atoms with Crippen molar-refractivity contribution in [1.29, 1.82) is 0 Å². The van der Waals surface area contributed by atoms with Gasteiger partial charge in [-0.1, -0.05) is 135 Å². The smallest absolute Gasteiger partial charge is 0.268 e. The number of nitrogens with zero attached hydrogens (tertiary/aromatic N) is 4. The Morgan fingerprint density at radius 1 is 0.567 bits per heavy atom. The van der Waals surface area contributed by atoms with Crippen molar-refractivity contribution in [2.75, 3.05) is 0 Å². The lowest BCUT2D eigenvalue weighted by molar-refractivity contribution is -0.598. The van der Waals surface area contributed by atoms with E-state index in [1.54, 1.807) is 0 Å². The van der Waals surface area contributed by atoms with Crippen LogP contribution in [0.1, 0.15) is 38.2 Å². The first-order valence-electron chi connectivity index (χ1n) is 20.8. The number of pyridine rings is 1. The van der Waals surface area contributed by atoms with E-state index in [1.807, 2.05) is 29.1 Å². The summed E-state index contributed by atoms with van der Waals surface area (Å²) < 4.78 is 13.1. The molecule has 3 heterocycles. The first-order chi connectivity index (χ1) is 29.6. The van der Waals surface area contributed by atoms with Crippen LogP contribution in [0.5, 0.6) is 11.5 Å². The van der Waals surface area contributed by atoms with E-state index in [2.05, 4.69) is 205 Å². The van der Waals surface area contributed by atoms with Gasteiger partial charge in [0, 0.05) is 35.4 Å². The quantitative estimate of drug-likeness (QED) is 0.0969. The molecule has 5 nitrogen and oxygen atoms in total. The highest BCUT2D eigenvalue weighted by Gasteiger charge is 2.19. The summed E-state index contributed by atoms with van der Waals surface area (Å²) in [6.45, 7) is 4.52. The lowest BCUT2D eigenvalue weighted by Crippen LogP contribution is -2.30.